The molecule has 4 atom stereocenters. The van der Waals surface area contributed by atoms with Crippen molar-refractivity contribution in [2.75, 3.05) is 7.11 Å². The molecule has 1 amide bonds. The minimum Gasteiger partial charge on any atom is -0.497 e. The molecule has 6 nitrogen and oxygen atoms in total. The smallest absolute Gasteiger partial charge is 0.306 e. The molecule has 1 spiro atoms. The summed E-state index contributed by atoms with van der Waals surface area (Å²) >= 11 is 0. The zero-order valence-electron chi connectivity index (χ0n) is 12.9. The molecule has 1 heterocycles. The summed E-state index contributed by atoms with van der Waals surface area (Å²) < 4.78 is 11.4. The molecule has 122 valence electrons. The molecule has 4 aliphatic rings. The van der Waals surface area contributed by atoms with Crippen LogP contribution >= 0.6 is 0 Å². The minimum absolute atomic E-state index is 0.0249. The minimum atomic E-state index is -0.773. The van der Waals surface area contributed by atoms with E-state index in [1.54, 1.807) is 25.3 Å². The number of aliphatic carboxylic acids is 1. The maximum atomic E-state index is 12.5. The number of nitrogens with one attached hydrogen (secondary N) is 1. The summed E-state index contributed by atoms with van der Waals surface area (Å²) in [6.07, 6.45) is 2.87. The van der Waals surface area contributed by atoms with E-state index in [2.05, 4.69) is 5.32 Å². The summed E-state index contributed by atoms with van der Waals surface area (Å²) in [6.45, 7) is 0. The first-order chi connectivity index (χ1) is 11.0. The molecule has 0 saturated heterocycles. The van der Waals surface area contributed by atoms with E-state index >= 15 is 0 Å². The zero-order valence-corrected chi connectivity index (χ0v) is 12.9. The van der Waals surface area contributed by atoms with Gasteiger partial charge in [-0.15, -0.1) is 0 Å². The SMILES string of the molecule is COc1ccc2c(c1)O[C@]1(C[C@@H]3CC[C@@H]1C[C@@H]3C(=O)O)NC2=O. The largest absolute Gasteiger partial charge is 0.497 e. The van der Waals surface area contributed by atoms with Crippen LogP contribution in [0.2, 0.25) is 0 Å². The van der Waals surface area contributed by atoms with Crippen LogP contribution in [0.4, 0.5) is 0 Å². The number of methoxy groups -OCH3 is 1. The van der Waals surface area contributed by atoms with Gasteiger partial charge in [-0.25, -0.2) is 0 Å². The fraction of sp³-hybridized carbons (Fsp3) is 0.529. The molecule has 6 heteroatoms. The molecule has 0 aromatic heterocycles. The van der Waals surface area contributed by atoms with Crippen LogP contribution in [0.5, 0.6) is 11.5 Å². The van der Waals surface area contributed by atoms with E-state index in [9.17, 15) is 14.7 Å². The molecule has 1 aromatic rings. The Hall–Kier alpha value is -2.24. The number of amides is 1. The predicted octanol–water partition coefficient (Wildman–Crippen LogP) is 2.03. The average molecular weight is 317 g/mol. The Morgan fingerprint density at radius 3 is 2.91 bits per heavy atom. The number of hydrogen-bond acceptors (Lipinski definition) is 4. The van der Waals surface area contributed by atoms with E-state index in [1.165, 1.54) is 0 Å². The van der Waals surface area contributed by atoms with Crippen molar-refractivity contribution in [1.29, 1.82) is 0 Å². The Kier molecular flexibility index (Phi) is 3.04. The Morgan fingerprint density at radius 2 is 2.26 bits per heavy atom. The molecule has 2 N–H and O–H groups in total. The number of carbonyl (C=O) groups is 2. The van der Waals surface area contributed by atoms with Crippen LogP contribution in [0, 0.1) is 17.8 Å². The van der Waals surface area contributed by atoms with Crippen molar-refractivity contribution in [3.05, 3.63) is 23.8 Å². The Morgan fingerprint density at radius 1 is 1.43 bits per heavy atom. The second kappa shape index (κ2) is 4.88. The highest BCUT2D eigenvalue weighted by Crippen LogP contribution is 2.52. The number of rotatable bonds is 2. The van der Waals surface area contributed by atoms with Crippen molar-refractivity contribution in [1.82, 2.24) is 5.32 Å². The zero-order chi connectivity index (χ0) is 16.2. The molecular formula is C17H19NO5. The quantitative estimate of drug-likeness (QED) is 0.872. The summed E-state index contributed by atoms with van der Waals surface area (Å²) in [6, 6.07) is 5.15. The second-order valence-electron chi connectivity index (χ2n) is 6.73. The van der Waals surface area contributed by atoms with Gasteiger partial charge in [0.15, 0.2) is 5.72 Å². The number of carboxylic acids is 1. The van der Waals surface area contributed by atoms with Crippen molar-refractivity contribution >= 4 is 11.9 Å². The topological polar surface area (TPSA) is 84.9 Å². The van der Waals surface area contributed by atoms with Crippen LogP contribution in [0.15, 0.2) is 18.2 Å². The maximum Gasteiger partial charge on any atom is 0.306 e. The molecule has 0 radical (unpaired) electrons. The molecule has 1 aliphatic heterocycles. The van der Waals surface area contributed by atoms with E-state index in [-0.39, 0.29) is 23.7 Å². The van der Waals surface area contributed by atoms with Crippen molar-refractivity contribution in [2.45, 2.75) is 31.4 Å². The van der Waals surface area contributed by atoms with E-state index in [1.807, 2.05) is 0 Å². The normalized spacial score (nSPS) is 34.5. The molecule has 2 bridgehead atoms. The Bertz CT molecular complexity index is 688. The lowest BCUT2D eigenvalue weighted by molar-refractivity contribution is -0.161. The molecule has 1 aromatic carbocycles. The van der Waals surface area contributed by atoms with Crippen LogP contribution in [-0.2, 0) is 4.79 Å². The van der Waals surface area contributed by atoms with Crippen LogP contribution < -0.4 is 14.8 Å². The van der Waals surface area contributed by atoms with Gasteiger partial charge in [-0.05, 0) is 37.3 Å². The third-order valence-corrected chi connectivity index (χ3v) is 5.59. The van der Waals surface area contributed by atoms with Crippen molar-refractivity contribution in [3.63, 3.8) is 0 Å². The summed E-state index contributed by atoms with van der Waals surface area (Å²) in [4.78, 5) is 23.9. The highest BCUT2D eigenvalue weighted by Gasteiger charge is 2.57. The number of ether oxygens (including phenoxy) is 2. The predicted molar refractivity (Wildman–Crippen MR) is 80.4 cm³/mol. The fourth-order valence-corrected chi connectivity index (χ4v) is 4.42. The summed E-state index contributed by atoms with van der Waals surface area (Å²) in [5.41, 5.74) is -0.279. The number of benzene rings is 1. The molecule has 3 aliphatic carbocycles. The lowest BCUT2D eigenvalue weighted by Gasteiger charge is -2.54. The third-order valence-electron chi connectivity index (χ3n) is 5.59. The highest BCUT2D eigenvalue weighted by molar-refractivity contribution is 5.98. The Balaban J connectivity index is 1.69. The van der Waals surface area contributed by atoms with Gasteiger partial charge in [-0.3, -0.25) is 9.59 Å². The van der Waals surface area contributed by atoms with Crippen molar-refractivity contribution in [2.24, 2.45) is 17.8 Å². The van der Waals surface area contributed by atoms with Crippen LogP contribution in [-0.4, -0.2) is 29.8 Å². The van der Waals surface area contributed by atoms with Gasteiger partial charge >= 0.3 is 5.97 Å². The first-order valence-electron chi connectivity index (χ1n) is 7.95. The van der Waals surface area contributed by atoms with E-state index in [0.29, 0.717) is 29.9 Å². The van der Waals surface area contributed by atoms with E-state index in [4.69, 9.17) is 9.47 Å². The van der Waals surface area contributed by atoms with Crippen LogP contribution in [0.25, 0.3) is 0 Å². The fourth-order valence-electron chi connectivity index (χ4n) is 4.42. The van der Waals surface area contributed by atoms with E-state index < -0.39 is 11.7 Å². The van der Waals surface area contributed by atoms with Gasteiger partial charge in [0.05, 0.1) is 18.6 Å². The van der Waals surface area contributed by atoms with Gasteiger partial charge in [0, 0.05) is 18.4 Å². The molecule has 3 fully saturated rings. The van der Waals surface area contributed by atoms with Crippen molar-refractivity contribution < 1.29 is 24.2 Å². The van der Waals surface area contributed by atoms with Gasteiger partial charge < -0.3 is 19.9 Å². The summed E-state index contributed by atoms with van der Waals surface area (Å²) in [5.74, 6) is 0.00559. The highest BCUT2D eigenvalue weighted by atomic mass is 16.5. The summed E-state index contributed by atoms with van der Waals surface area (Å²) in [5, 5.41) is 12.4. The summed E-state index contributed by atoms with van der Waals surface area (Å²) in [7, 11) is 1.57. The molecular weight excluding hydrogens is 298 g/mol. The van der Waals surface area contributed by atoms with Gasteiger partial charge in [0.2, 0.25) is 0 Å². The average Bonchev–Trinajstić information content (AvgIpc) is 2.54. The van der Waals surface area contributed by atoms with Crippen molar-refractivity contribution in [3.8, 4) is 11.5 Å². The Labute approximate surface area is 133 Å². The molecule has 3 saturated carbocycles. The monoisotopic (exact) mass is 317 g/mol. The third kappa shape index (κ3) is 2.08. The first kappa shape index (κ1) is 14.4. The molecule has 0 unspecified atom stereocenters. The van der Waals surface area contributed by atoms with Gasteiger partial charge in [-0.1, -0.05) is 0 Å². The number of carbonyl (C=O) groups excluding carboxylic acids is 1. The maximum absolute atomic E-state index is 12.5. The van der Waals surface area contributed by atoms with Crippen LogP contribution in [0.1, 0.15) is 36.0 Å². The molecule has 23 heavy (non-hydrogen) atoms. The van der Waals surface area contributed by atoms with Gasteiger partial charge in [-0.2, -0.15) is 0 Å². The lowest BCUT2D eigenvalue weighted by Crippen LogP contribution is -2.66. The first-order valence-corrected chi connectivity index (χ1v) is 7.95. The lowest BCUT2D eigenvalue weighted by atomic mass is 9.60. The number of carboxylic acid groups (broad SMARTS) is 1. The van der Waals surface area contributed by atoms with Gasteiger partial charge in [0.25, 0.3) is 5.91 Å². The van der Waals surface area contributed by atoms with Gasteiger partial charge in [0.1, 0.15) is 11.5 Å². The van der Waals surface area contributed by atoms with Crippen LogP contribution in [0.3, 0.4) is 0 Å². The standard InChI is InChI=1S/C17H19NO5/c1-22-11-4-5-12-14(7-11)23-17(18-15(12)19)8-9-2-3-10(17)6-13(9)16(20)21/h4-5,7,9-10,13H,2-3,6,8H2,1H3,(H,18,19)(H,20,21)/t9-,10+,13-,17-/m0/s1. The molecule has 5 rings (SSSR count). The number of fused-ring (bicyclic) bond motifs is 3. The number of hydrogen-bond donors (Lipinski definition) is 2. The second-order valence-corrected chi connectivity index (χ2v) is 6.73. The van der Waals surface area contributed by atoms with E-state index in [0.717, 1.165) is 12.8 Å².